The maximum Gasteiger partial charge on any atom is 0.341 e. The molecule has 1 aromatic heterocycles. The van der Waals surface area contributed by atoms with Crippen molar-refractivity contribution in [3.05, 3.63) is 64.0 Å². The van der Waals surface area contributed by atoms with Crippen LogP contribution in [0.2, 0.25) is 0 Å². The van der Waals surface area contributed by atoms with Crippen molar-refractivity contribution in [2.24, 2.45) is 0 Å². The summed E-state index contributed by atoms with van der Waals surface area (Å²) in [6, 6.07) is 10.6. The predicted octanol–water partition coefficient (Wildman–Crippen LogP) is 4.54. The Bertz CT molecular complexity index is 1380. The molecule has 1 aliphatic rings. The average molecular weight is 523 g/mol. The molecular weight excluding hydrogens is 496 g/mol. The summed E-state index contributed by atoms with van der Waals surface area (Å²) in [7, 11) is 3.04. The SMILES string of the molecule is CCOC(=O)c1c(NC(=O)C(C)N2C(=O)c3ccccc3C2=O)sc(C)c1-c1ccc(OC)c(OC)c1. The van der Waals surface area contributed by atoms with Crippen LogP contribution in [-0.2, 0) is 9.53 Å². The van der Waals surface area contributed by atoms with Crippen LogP contribution in [0.3, 0.4) is 0 Å². The molecule has 0 radical (unpaired) electrons. The van der Waals surface area contributed by atoms with Crippen molar-refractivity contribution in [1.29, 1.82) is 0 Å². The zero-order chi connectivity index (χ0) is 26.9. The summed E-state index contributed by atoms with van der Waals surface area (Å²) in [5.74, 6) is -1.30. The summed E-state index contributed by atoms with van der Waals surface area (Å²) in [4.78, 5) is 53.7. The fraction of sp³-hybridized carbons (Fsp3) is 0.259. The van der Waals surface area contributed by atoms with Gasteiger partial charge in [0.05, 0.1) is 32.0 Å². The first-order valence-electron chi connectivity index (χ1n) is 11.5. The largest absolute Gasteiger partial charge is 0.493 e. The molecule has 2 aromatic carbocycles. The number of methoxy groups -OCH3 is 2. The van der Waals surface area contributed by atoms with Crippen LogP contribution >= 0.6 is 11.3 Å². The molecule has 0 aliphatic carbocycles. The predicted molar refractivity (Wildman–Crippen MR) is 139 cm³/mol. The molecule has 3 aromatic rings. The molecule has 0 fully saturated rings. The number of fused-ring (bicyclic) bond motifs is 1. The lowest BCUT2D eigenvalue weighted by Crippen LogP contribution is -2.45. The number of hydrogen-bond acceptors (Lipinski definition) is 8. The number of benzene rings is 2. The van der Waals surface area contributed by atoms with E-state index in [1.165, 1.54) is 32.5 Å². The number of ether oxygens (including phenoxy) is 3. The van der Waals surface area contributed by atoms with Gasteiger partial charge in [-0.3, -0.25) is 19.3 Å². The second-order valence-corrected chi connectivity index (χ2v) is 9.44. The van der Waals surface area contributed by atoms with Gasteiger partial charge in [0.15, 0.2) is 11.5 Å². The summed E-state index contributed by atoms with van der Waals surface area (Å²) in [6.45, 7) is 5.12. The number of carbonyl (C=O) groups is 4. The fourth-order valence-corrected chi connectivity index (χ4v) is 5.33. The number of aryl methyl sites for hydroxylation is 1. The maximum absolute atomic E-state index is 13.3. The maximum atomic E-state index is 13.3. The number of rotatable bonds is 8. The summed E-state index contributed by atoms with van der Waals surface area (Å²) < 4.78 is 16.0. The van der Waals surface area contributed by atoms with E-state index in [1.807, 2.05) is 6.92 Å². The highest BCUT2D eigenvalue weighted by atomic mass is 32.1. The summed E-state index contributed by atoms with van der Waals surface area (Å²) in [6.07, 6.45) is 0. The van der Waals surface area contributed by atoms with E-state index in [1.54, 1.807) is 49.4 Å². The average Bonchev–Trinajstić information content (AvgIpc) is 3.35. The van der Waals surface area contributed by atoms with E-state index >= 15 is 0 Å². The highest BCUT2D eigenvalue weighted by Crippen LogP contribution is 2.43. The van der Waals surface area contributed by atoms with Crippen LogP contribution in [0.4, 0.5) is 5.00 Å². The van der Waals surface area contributed by atoms with Gasteiger partial charge in [-0.25, -0.2) is 4.79 Å². The molecule has 3 amide bonds. The first kappa shape index (κ1) is 25.9. The Morgan fingerprint density at radius 2 is 1.62 bits per heavy atom. The number of anilines is 1. The third kappa shape index (κ3) is 4.55. The Morgan fingerprint density at radius 1 is 1.00 bits per heavy atom. The molecule has 0 saturated carbocycles. The van der Waals surface area contributed by atoms with Gasteiger partial charge < -0.3 is 19.5 Å². The van der Waals surface area contributed by atoms with Crippen molar-refractivity contribution in [3.63, 3.8) is 0 Å². The van der Waals surface area contributed by atoms with E-state index in [9.17, 15) is 19.2 Å². The van der Waals surface area contributed by atoms with Crippen LogP contribution in [0, 0.1) is 6.92 Å². The van der Waals surface area contributed by atoms with E-state index in [2.05, 4.69) is 5.32 Å². The Morgan fingerprint density at radius 3 is 2.19 bits per heavy atom. The lowest BCUT2D eigenvalue weighted by molar-refractivity contribution is -0.119. The number of nitrogens with zero attached hydrogens (tertiary/aromatic N) is 1. The van der Waals surface area contributed by atoms with E-state index in [4.69, 9.17) is 14.2 Å². The first-order valence-corrected chi connectivity index (χ1v) is 12.4. The van der Waals surface area contributed by atoms with E-state index in [-0.39, 0.29) is 28.3 Å². The highest BCUT2D eigenvalue weighted by molar-refractivity contribution is 7.17. The third-order valence-electron chi connectivity index (χ3n) is 6.07. The monoisotopic (exact) mass is 522 g/mol. The summed E-state index contributed by atoms with van der Waals surface area (Å²) >= 11 is 1.20. The van der Waals surface area contributed by atoms with Gasteiger partial charge in [-0.1, -0.05) is 18.2 Å². The minimum Gasteiger partial charge on any atom is -0.493 e. The highest BCUT2D eigenvalue weighted by Gasteiger charge is 2.41. The molecule has 1 aliphatic heterocycles. The van der Waals surface area contributed by atoms with Gasteiger partial charge in [-0.15, -0.1) is 11.3 Å². The molecular formula is C27H26N2O7S. The Labute approximate surface area is 217 Å². The van der Waals surface area contributed by atoms with Crippen molar-refractivity contribution in [3.8, 4) is 22.6 Å². The van der Waals surface area contributed by atoms with Gasteiger partial charge in [0.25, 0.3) is 11.8 Å². The van der Waals surface area contributed by atoms with Crippen LogP contribution in [0.1, 0.15) is 49.8 Å². The second kappa shape index (κ2) is 10.4. The Kier molecular flexibility index (Phi) is 7.30. The third-order valence-corrected chi connectivity index (χ3v) is 7.09. The molecule has 0 saturated heterocycles. The van der Waals surface area contributed by atoms with E-state index in [0.717, 1.165) is 9.78 Å². The number of thiophene rings is 1. The fourth-order valence-electron chi connectivity index (χ4n) is 4.26. The van der Waals surface area contributed by atoms with Crippen molar-refractivity contribution >= 4 is 40.0 Å². The molecule has 37 heavy (non-hydrogen) atoms. The van der Waals surface area contributed by atoms with Crippen molar-refractivity contribution in [2.75, 3.05) is 26.1 Å². The standard InChI is InChI=1S/C27H26N2O7S/c1-6-36-27(33)22-21(16-11-12-19(34-4)20(13-16)35-5)15(3)37-24(22)28-23(30)14(2)29-25(31)17-9-7-8-10-18(17)26(29)32/h7-14H,6H2,1-5H3,(H,28,30). The van der Waals surface area contributed by atoms with Crippen molar-refractivity contribution in [1.82, 2.24) is 4.90 Å². The number of nitrogens with one attached hydrogen (secondary N) is 1. The normalized spacial score (nSPS) is 13.3. The van der Waals surface area contributed by atoms with Gasteiger partial charge in [-0.05, 0) is 50.6 Å². The van der Waals surface area contributed by atoms with Crippen molar-refractivity contribution in [2.45, 2.75) is 26.8 Å². The van der Waals surface area contributed by atoms with Crippen LogP contribution in [0.15, 0.2) is 42.5 Å². The molecule has 9 nitrogen and oxygen atoms in total. The van der Waals surface area contributed by atoms with Gasteiger partial charge in [0.2, 0.25) is 5.91 Å². The minimum absolute atomic E-state index is 0.137. The van der Waals surface area contributed by atoms with Gasteiger partial charge in [0, 0.05) is 10.4 Å². The Balaban J connectivity index is 1.70. The molecule has 1 atom stereocenters. The molecule has 1 unspecified atom stereocenters. The number of amides is 3. The molecule has 10 heteroatoms. The quantitative estimate of drug-likeness (QED) is 0.342. The van der Waals surface area contributed by atoms with Crippen LogP contribution < -0.4 is 14.8 Å². The van der Waals surface area contributed by atoms with Gasteiger partial charge in [-0.2, -0.15) is 0 Å². The Hall–Kier alpha value is -4.18. The van der Waals surface area contributed by atoms with Crippen LogP contribution in [0.5, 0.6) is 11.5 Å². The van der Waals surface area contributed by atoms with Crippen LogP contribution in [-0.4, -0.2) is 55.5 Å². The zero-order valence-electron chi connectivity index (χ0n) is 21.0. The van der Waals surface area contributed by atoms with Crippen LogP contribution in [0.25, 0.3) is 11.1 Å². The molecule has 0 bridgehead atoms. The topological polar surface area (TPSA) is 111 Å². The lowest BCUT2D eigenvalue weighted by atomic mass is 10.0. The molecule has 192 valence electrons. The second-order valence-electron chi connectivity index (χ2n) is 8.22. The molecule has 1 N–H and O–H groups in total. The lowest BCUT2D eigenvalue weighted by Gasteiger charge is -2.21. The minimum atomic E-state index is -1.12. The van der Waals surface area contributed by atoms with Gasteiger partial charge >= 0.3 is 5.97 Å². The summed E-state index contributed by atoms with van der Waals surface area (Å²) in [5, 5.41) is 3.01. The molecule has 4 rings (SSSR count). The smallest absolute Gasteiger partial charge is 0.341 e. The number of hydrogen-bond donors (Lipinski definition) is 1. The van der Waals surface area contributed by atoms with Crippen molar-refractivity contribution < 1.29 is 33.4 Å². The number of carbonyl (C=O) groups excluding carboxylic acids is 4. The van der Waals surface area contributed by atoms with Gasteiger partial charge in [0.1, 0.15) is 16.6 Å². The zero-order valence-corrected chi connectivity index (χ0v) is 21.9. The molecule has 2 heterocycles. The molecule has 0 spiro atoms. The summed E-state index contributed by atoms with van der Waals surface area (Å²) in [5.41, 5.74) is 1.93. The number of imide groups is 1. The van der Waals surface area contributed by atoms with E-state index in [0.29, 0.717) is 22.6 Å². The number of esters is 1. The van der Waals surface area contributed by atoms with E-state index < -0.39 is 29.7 Å². The first-order chi connectivity index (χ1) is 17.7.